The second-order valence-corrected chi connectivity index (χ2v) is 4.48. The first-order valence-corrected chi connectivity index (χ1v) is 6.13. The molecule has 1 saturated heterocycles. The Morgan fingerprint density at radius 3 is 2.94 bits per heavy atom. The molecule has 0 aromatic heterocycles. The average molecular weight is 239 g/mol. The predicted molar refractivity (Wildman–Crippen MR) is 72.3 cm³/mol. The average Bonchev–Trinajstić information content (AvgIpc) is 2.94. The molecule has 18 heavy (non-hydrogen) atoms. The van der Waals surface area contributed by atoms with Crippen LogP contribution in [0.2, 0.25) is 0 Å². The zero-order chi connectivity index (χ0) is 11.9. The molecule has 4 heteroatoms. The molecule has 0 aliphatic carbocycles. The van der Waals surface area contributed by atoms with E-state index < -0.39 is 0 Å². The Hall–Kier alpha value is -1.91. The Labute approximate surface area is 105 Å². The lowest BCUT2D eigenvalue weighted by Crippen LogP contribution is -2.42. The van der Waals surface area contributed by atoms with Crippen molar-refractivity contribution in [2.24, 2.45) is 4.99 Å². The van der Waals surface area contributed by atoms with E-state index in [2.05, 4.69) is 39.5 Å². The van der Waals surface area contributed by atoms with E-state index in [1.54, 1.807) is 0 Å². The summed E-state index contributed by atoms with van der Waals surface area (Å²) in [7, 11) is 0. The maximum atomic E-state index is 5.66. The van der Waals surface area contributed by atoms with Crippen molar-refractivity contribution in [2.75, 3.05) is 18.1 Å². The van der Waals surface area contributed by atoms with Crippen molar-refractivity contribution >= 4 is 28.5 Å². The maximum Gasteiger partial charge on any atom is 0.191 e. The van der Waals surface area contributed by atoms with E-state index in [1.807, 2.05) is 18.5 Å². The van der Waals surface area contributed by atoms with Gasteiger partial charge in [-0.15, -0.1) is 0 Å². The number of hydrogen-bond acceptors (Lipinski definition) is 4. The third-order valence-electron chi connectivity index (χ3n) is 3.41. The summed E-state index contributed by atoms with van der Waals surface area (Å²) in [6, 6.07) is 12.5. The molecule has 1 unspecified atom stereocenters. The lowest BCUT2D eigenvalue weighted by Gasteiger charge is -2.29. The van der Waals surface area contributed by atoms with Crippen LogP contribution in [-0.4, -0.2) is 25.8 Å². The van der Waals surface area contributed by atoms with Crippen LogP contribution in [0.3, 0.4) is 0 Å². The second kappa shape index (κ2) is 3.80. The first kappa shape index (κ1) is 10.1. The van der Waals surface area contributed by atoms with Gasteiger partial charge in [-0.05, 0) is 17.5 Å². The Morgan fingerprint density at radius 2 is 2.11 bits per heavy atom. The zero-order valence-electron chi connectivity index (χ0n) is 9.84. The number of anilines is 1. The summed E-state index contributed by atoms with van der Waals surface area (Å²) >= 11 is 0. The number of nitrogens with one attached hydrogen (secondary N) is 1. The molecule has 1 atom stereocenters. The van der Waals surface area contributed by atoms with Gasteiger partial charge >= 0.3 is 0 Å². The van der Waals surface area contributed by atoms with Crippen LogP contribution < -0.4 is 10.2 Å². The Balaban J connectivity index is 1.92. The molecule has 2 aromatic carbocycles. The number of benzene rings is 2. The van der Waals surface area contributed by atoms with Crippen LogP contribution in [0.15, 0.2) is 41.4 Å². The lowest BCUT2D eigenvalue weighted by atomic mass is 10.1. The van der Waals surface area contributed by atoms with E-state index >= 15 is 0 Å². The molecule has 2 heterocycles. The van der Waals surface area contributed by atoms with E-state index in [0.717, 1.165) is 24.5 Å². The monoisotopic (exact) mass is 239 g/mol. The summed E-state index contributed by atoms with van der Waals surface area (Å²) in [5, 5.41) is 5.72. The minimum absolute atomic E-state index is 0.104. The fraction of sp³-hybridized carbons (Fsp3) is 0.214. The van der Waals surface area contributed by atoms with Crippen molar-refractivity contribution in [1.82, 2.24) is 5.32 Å². The van der Waals surface area contributed by atoms with Gasteiger partial charge in [0.2, 0.25) is 0 Å². The van der Waals surface area contributed by atoms with Crippen LogP contribution in [0, 0.1) is 0 Å². The van der Waals surface area contributed by atoms with Crippen molar-refractivity contribution in [1.29, 1.82) is 0 Å². The number of aliphatic imine (C=N–C) groups is 1. The summed E-state index contributed by atoms with van der Waals surface area (Å²) in [5.74, 6) is 0. The highest BCUT2D eigenvalue weighted by Gasteiger charge is 2.25. The number of rotatable bonds is 1. The van der Waals surface area contributed by atoms with Crippen molar-refractivity contribution in [3.8, 4) is 0 Å². The lowest BCUT2D eigenvalue weighted by molar-refractivity contribution is 0.109. The van der Waals surface area contributed by atoms with Gasteiger partial charge in [0.15, 0.2) is 6.35 Å². The van der Waals surface area contributed by atoms with Crippen LogP contribution in [0.5, 0.6) is 0 Å². The standard InChI is InChI=1S/C14H13N3O/c1-3-10-4-2-6-12-13(10)11(5-1)16-9-17(12)14-15-7-8-18-14/h1-6,9,14-15H,7-8H2. The van der Waals surface area contributed by atoms with Crippen LogP contribution >= 0.6 is 0 Å². The van der Waals surface area contributed by atoms with Crippen LogP contribution in [0.4, 0.5) is 11.4 Å². The zero-order valence-corrected chi connectivity index (χ0v) is 9.84. The van der Waals surface area contributed by atoms with E-state index in [0.29, 0.717) is 0 Å². The van der Waals surface area contributed by atoms with E-state index in [9.17, 15) is 0 Å². The van der Waals surface area contributed by atoms with Crippen LogP contribution in [0.25, 0.3) is 10.8 Å². The molecule has 4 nitrogen and oxygen atoms in total. The minimum Gasteiger partial charge on any atom is -0.343 e. The van der Waals surface area contributed by atoms with Crippen LogP contribution in [-0.2, 0) is 4.74 Å². The maximum absolute atomic E-state index is 5.66. The summed E-state index contributed by atoms with van der Waals surface area (Å²) in [4.78, 5) is 6.58. The van der Waals surface area contributed by atoms with Gasteiger partial charge in [0.25, 0.3) is 0 Å². The van der Waals surface area contributed by atoms with E-state index in [-0.39, 0.29) is 6.35 Å². The van der Waals surface area contributed by atoms with E-state index in [4.69, 9.17) is 4.74 Å². The Kier molecular flexibility index (Phi) is 2.12. The highest BCUT2D eigenvalue weighted by atomic mass is 16.5. The molecule has 90 valence electrons. The topological polar surface area (TPSA) is 36.9 Å². The summed E-state index contributed by atoms with van der Waals surface area (Å²) < 4.78 is 5.66. The molecule has 0 radical (unpaired) electrons. The molecule has 1 fully saturated rings. The summed E-state index contributed by atoms with van der Waals surface area (Å²) in [6.45, 7) is 1.62. The Morgan fingerprint density at radius 1 is 1.22 bits per heavy atom. The molecule has 2 aliphatic rings. The molecule has 0 bridgehead atoms. The molecular formula is C14H13N3O. The first-order chi connectivity index (χ1) is 8.93. The molecule has 0 spiro atoms. The van der Waals surface area contributed by atoms with Gasteiger partial charge in [-0.25, -0.2) is 4.99 Å². The van der Waals surface area contributed by atoms with Gasteiger partial charge in [-0.2, -0.15) is 0 Å². The second-order valence-electron chi connectivity index (χ2n) is 4.48. The van der Waals surface area contributed by atoms with Gasteiger partial charge < -0.3 is 4.74 Å². The van der Waals surface area contributed by atoms with E-state index in [1.165, 1.54) is 10.8 Å². The largest absolute Gasteiger partial charge is 0.343 e. The molecule has 2 aromatic rings. The fourth-order valence-corrected chi connectivity index (χ4v) is 2.59. The molecule has 0 saturated carbocycles. The number of hydrogen-bond donors (Lipinski definition) is 1. The van der Waals surface area contributed by atoms with Gasteiger partial charge in [-0.3, -0.25) is 10.2 Å². The third kappa shape index (κ3) is 1.36. The van der Waals surface area contributed by atoms with Gasteiger partial charge in [-0.1, -0.05) is 24.3 Å². The number of ether oxygens (including phenoxy) is 1. The van der Waals surface area contributed by atoms with Crippen molar-refractivity contribution in [3.05, 3.63) is 36.4 Å². The summed E-state index contributed by atoms with van der Waals surface area (Å²) in [6.07, 6.45) is 1.74. The molecule has 2 aliphatic heterocycles. The van der Waals surface area contributed by atoms with Gasteiger partial charge in [0.1, 0.15) is 0 Å². The van der Waals surface area contributed by atoms with Gasteiger partial charge in [0.05, 0.1) is 24.3 Å². The smallest absolute Gasteiger partial charge is 0.191 e. The minimum atomic E-state index is -0.104. The highest BCUT2D eigenvalue weighted by Crippen LogP contribution is 2.37. The van der Waals surface area contributed by atoms with Crippen molar-refractivity contribution in [3.63, 3.8) is 0 Å². The van der Waals surface area contributed by atoms with Gasteiger partial charge in [0, 0.05) is 11.9 Å². The molecule has 4 rings (SSSR count). The van der Waals surface area contributed by atoms with Crippen molar-refractivity contribution < 1.29 is 4.74 Å². The molecule has 0 amide bonds. The fourth-order valence-electron chi connectivity index (χ4n) is 2.59. The third-order valence-corrected chi connectivity index (χ3v) is 3.41. The normalized spacial score (nSPS) is 21.8. The SMILES string of the molecule is C1=Nc2cccc3cccc(c23)N1C1NCCO1. The highest BCUT2D eigenvalue weighted by molar-refractivity contribution is 6.09. The quantitative estimate of drug-likeness (QED) is 0.829. The summed E-state index contributed by atoms with van der Waals surface area (Å²) in [5.41, 5.74) is 2.18. The molecular weight excluding hydrogens is 226 g/mol. The van der Waals surface area contributed by atoms with Crippen molar-refractivity contribution in [2.45, 2.75) is 6.35 Å². The first-order valence-electron chi connectivity index (χ1n) is 6.13. The number of nitrogens with zero attached hydrogens (tertiary/aromatic N) is 2. The van der Waals surface area contributed by atoms with Crippen LogP contribution in [0.1, 0.15) is 0 Å². The molecule has 1 N–H and O–H groups in total. The predicted octanol–water partition coefficient (Wildman–Crippen LogP) is 2.22. The Bertz CT molecular complexity index is 627.